The minimum Gasteiger partial charge on any atom is -0.462 e. The molecule has 6 heteroatoms. The third kappa shape index (κ3) is 3.39. The third-order valence-electron chi connectivity index (χ3n) is 3.05. The van der Waals surface area contributed by atoms with Gasteiger partial charge in [0.15, 0.2) is 0 Å². The van der Waals surface area contributed by atoms with Crippen LogP contribution in [0.2, 0.25) is 0 Å². The van der Waals surface area contributed by atoms with Crippen molar-refractivity contribution in [2.75, 3.05) is 12.9 Å². The van der Waals surface area contributed by atoms with Crippen LogP contribution in [0.1, 0.15) is 27.3 Å². The molecule has 0 saturated heterocycles. The first-order valence-corrected chi connectivity index (χ1v) is 7.52. The lowest BCUT2D eigenvalue weighted by Gasteiger charge is -2.06. The van der Waals surface area contributed by atoms with Gasteiger partial charge in [-0.15, -0.1) is 11.8 Å². The van der Waals surface area contributed by atoms with Crippen LogP contribution in [0.3, 0.4) is 0 Å². The van der Waals surface area contributed by atoms with E-state index in [9.17, 15) is 4.79 Å². The summed E-state index contributed by atoms with van der Waals surface area (Å²) >= 11 is 1.49. The molecule has 1 N–H and O–H groups in total. The van der Waals surface area contributed by atoms with E-state index in [0.29, 0.717) is 18.6 Å². The van der Waals surface area contributed by atoms with E-state index >= 15 is 0 Å². The Kier molecular flexibility index (Phi) is 4.79. The van der Waals surface area contributed by atoms with Gasteiger partial charge in [0.05, 0.1) is 22.9 Å². The van der Waals surface area contributed by atoms with Crippen LogP contribution >= 0.6 is 11.8 Å². The van der Waals surface area contributed by atoms with Crippen LogP contribution in [0, 0.1) is 13.8 Å². The normalized spacial score (nSPS) is 10.6. The van der Waals surface area contributed by atoms with E-state index in [1.165, 1.54) is 11.8 Å². The molecule has 0 unspecified atom stereocenters. The SMILES string of the molecule is CSc1cc(C(=O)OCCc2c(C)n[nH]c2C)ccn1. The molecule has 0 aliphatic heterocycles. The van der Waals surface area contributed by atoms with Crippen LogP contribution < -0.4 is 0 Å². The number of aromatic nitrogens is 3. The molecule has 2 rings (SSSR count). The van der Waals surface area contributed by atoms with Gasteiger partial charge in [-0.25, -0.2) is 9.78 Å². The number of esters is 1. The maximum absolute atomic E-state index is 11.9. The quantitative estimate of drug-likeness (QED) is 0.677. The molecule has 20 heavy (non-hydrogen) atoms. The van der Waals surface area contributed by atoms with Crippen molar-refractivity contribution in [2.24, 2.45) is 0 Å². The second-order valence-corrected chi connectivity index (χ2v) is 5.21. The predicted molar refractivity (Wildman–Crippen MR) is 78.1 cm³/mol. The summed E-state index contributed by atoms with van der Waals surface area (Å²) in [6.07, 6.45) is 4.20. The fourth-order valence-electron chi connectivity index (χ4n) is 1.92. The average Bonchev–Trinajstić information content (AvgIpc) is 2.79. The summed E-state index contributed by atoms with van der Waals surface area (Å²) in [5.41, 5.74) is 3.61. The number of hydrogen-bond acceptors (Lipinski definition) is 5. The van der Waals surface area contributed by atoms with Crippen LogP contribution in [0.5, 0.6) is 0 Å². The number of pyridine rings is 1. The van der Waals surface area contributed by atoms with Gasteiger partial charge in [-0.2, -0.15) is 5.10 Å². The first-order chi connectivity index (χ1) is 9.61. The Hall–Kier alpha value is -1.82. The number of thioether (sulfide) groups is 1. The Labute approximate surface area is 122 Å². The highest BCUT2D eigenvalue weighted by Gasteiger charge is 2.10. The largest absolute Gasteiger partial charge is 0.462 e. The van der Waals surface area contributed by atoms with Crippen molar-refractivity contribution < 1.29 is 9.53 Å². The monoisotopic (exact) mass is 291 g/mol. The Morgan fingerprint density at radius 1 is 1.45 bits per heavy atom. The number of ether oxygens (including phenoxy) is 1. The summed E-state index contributed by atoms with van der Waals surface area (Å²) in [7, 11) is 0. The fourth-order valence-corrected chi connectivity index (χ4v) is 2.33. The van der Waals surface area contributed by atoms with Gasteiger partial charge in [0.1, 0.15) is 0 Å². The highest BCUT2D eigenvalue weighted by atomic mass is 32.2. The summed E-state index contributed by atoms with van der Waals surface area (Å²) in [6.45, 7) is 4.25. The number of aromatic amines is 1. The highest BCUT2D eigenvalue weighted by Crippen LogP contribution is 2.14. The number of nitrogens with one attached hydrogen (secondary N) is 1. The number of carbonyl (C=O) groups excluding carboxylic acids is 1. The maximum Gasteiger partial charge on any atom is 0.338 e. The average molecular weight is 291 g/mol. The van der Waals surface area contributed by atoms with Crippen molar-refractivity contribution in [1.82, 2.24) is 15.2 Å². The summed E-state index contributed by atoms with van der Waals surface area (Å²) in [5.74, 6) is -0.318. The third-order valence-corrected chi connectivity index (χ3v) is 3.69. The van der Waals surface area contributed by atoms with Crippen LogP contribution in [-0.2, 0) is 11.2 Å². The Morgan fingerprint density at radius 2 is 2.25 bits per heavy atom. The van der Waals surface area contributed by atoms with Crippen molar-refractivity contribution in [3.63, 3.8) is 0 Å². The molecule has 0 atom stereocenters. The van der Waals surface area contributed by atoms with Gasteiger partial charge in [-0.05, 0) is 37.8 Å². The maximum atomic E-state index is 11.9. The molecule has 0 fully saturated rings. The van der Waals surface area contributed by atoms with E-state index in [1.807, 2.05) is 20.1 Å². The Morgan fingerprint density at radius 3 is 2.90 bits per heavy atom. The van der Waals surface area contributed by atoms with Crippen molar-refractivity contribution in [1.29, 1.82) is 0 Å². The lowest BCUT2D eigenvalue weighted by molar-refractivity contribution is 0.0508. The lowest BCUT2D eigenvalue weighted by Crippen LogP contribution is -2.09. The second-order valence-electron chi connectivity index (χ2n) is 4.39. The van der Waals surface area contributed by atoms with Gasteiger partial charge in [-0.1, -0.05) is 0 Å². The molecule has 2 heterocycles. The second kappa shape index (κ2) is 6.56. The molecule has 0 amide bonds. The summed E-state index contributed by atoms with van der Waals surface area (Å²) < 4.78 is 5.29. The number of aryl methyl sites for hydroxylation is 2. The van der Waals surface area contributed by atoms with Crippen molar-refractivity contribution in [2.45, 2.75) is 25.3 Å². The van der Waals surface area contributed by atoms with Crippen molar-refractivity contribution >= 4 is 17.7 Å². The van der Waals surface area contributed by atoms with Crippen LogP contribution in [0.15, 0.2) is 23.4 Å². The zero-order chi connectivity index (χ0) is 14.5. The molecule has 2 aromatic heterocycles. The molecule has 0 aliphatic rings. The number of hydrogen-bond donors (Lipinski definition) is 1. The molecular formula is C14H17N3O2S. The minimum atomic E-state index is -0.318. The van der Waals surface area contributed by atoms with E-state index in [1.54, 1.807) is 18.3 Å². The fraction of sp³-hybridized carbons (Fsp3) is 0.357. The van der Waals surface area contributed by atoms with Crippen LogP contribution in [0.4, 0.5) is 0 Å². The molecule has 0 aliphatic carbocycles. The molecular weight excluding hydrogens is 274 g/mol. The van der Waals surface area contributed by atoms with Crippen molar-refractivity contribution in [3.05, 3.63) is 40.8 Å². The highest BCUT2D eigenvalue weighted by molar-refractivity contribution is 7.98. The van der Waals surface area contributed by atoms with Gasteiger partial charge < -0.3 is 4.74 Å². The van der Waals surface area contributed by atoms with Crippen LogP contribution in [0.25, 0.3) is 0 Å². The smallest absolute Gasteiger partial charge is 0.338 e. The van der Waals surface area contributed by atoms with Crippen molar-refractivity contribution in [3.8, 4) is 0 Å². The van der Waals surface area contributed by atoms with E-state index in [0.717, 1.165) is 22.0 Å². The van der Waals surface area contributed by atoms with Gasteiger partial charge in [0.25, 0.3) is 0 Å². The number of nitrogens with zero attached hydrogens (tertiary/aromatic N) is 2. The zero-order valence-corrected chi connectivity index (χ0v) is 12.6. The minimum absolute atomic E-state index is 0.318. The topological polar surface area (TPSA) is 67.9 Å². The molecule has 0 spiro atoms. The van der Waals surface area contributed by atoms with Gasteiger partial charge in [-0.3, -0.25) is 5.10 Å². The Balaban J connectivity index is 1.92. The van der Waals surface area contributed by atoms with E-state index in [4.69, 9.17) is 4.74 Å². The van der Waals surface area contributed by atoms with E-state index in [-0.39, 0.29) is 5.97 Å². The standard InChI is InChI=1S/C14H17N3O2S/c1-9-12(10(2)17-16-9)5-7-19-14(18)11-4-6-15-13(8-11)20-3/h4,6,8H,5,7H2,1-3H3,(H,16,17). The van der Waals surface area contributed by atoms with Gasteiger partial charge >= 0.3 is 5.97 Å². The summed E-state index contributed by atoms with van der Waals surface area (Å²) in [5, 5.41) is 7.85. The molecule has 2 aromatic rings. The summed E-state index contributed by atoms with van der Waals surface area (Å²) in [4.78, 5) is 16.1. The zero-order valence-electron chi connectivity index (χ0n) is 11.8. The molecule has 0 bridgehead atoms. The van der Waals surface area contributed by atoms with Crippen LogP contribution in [-0.4, -0.2) is 34.0 Å². The Bertz CT molecular complexity index is 591. The number of rotatable bonds is 5. The lowest BCUT2D eigenvalue weighted by atomic mass is 10.1. The number of H-pyrrole nitrogens is 1. The number of carbonyl (C=O) groups is 1. The molecule has 0 saturated carbocycles. The van der Waals surface area contributed by atoms with Gasteiger partial charge in [0, 0.05) is 18.3 Å². The first-order valence-electron chi connectivity index (χ1n) is 6.29. The van der Waals surface area contributed by atoms with E-state index < -0.39 is 0 Å². The molecule has 0 aromatic carbocycles. The molecule has 0 radical (unpaired) electrons. The predicted octanol–water partition coefficient (Wildman–Crippen LogP) is 2.54. The molecule has 5 nitrogen and oxygen atoms in total. The summed E-state index contributed by atoms with van der Waals surface area (Å²) in [6, 6.07) is 3.40. The van der Waals surface area contributed by atoms with Gasteiger partial charge in [0.2, 0.25) is 0 Å². The molecule has 106 valence electrons. The van der Waals surface area contributed by atoms with E-state index in [2.05, 4.69) is 15.2 Å². The first kappa shape index (κ1) is 14.6.